The summed E-state index contributed by atoms with van der Waals surface area (Å²) in [6.45, 7) is 8.79. The maximum absolute atomic E-state index is 6.30. The van der Waals surface area contributed by atoms with Crippen LogP contribution in [0.2, 0.25) is 0 Å². The summed E-state index contributed by atoms with van der Waals surface area (Å²) >= 11 is 2.25. The molecule has 3 atom stereocenters. The first-order valence-electron chi connectivity index (χ1n) is 10.6. The minimum Gasteiger partial charge on any atom is -0.378 e. The van der Waals surface area contributed by atoms with E-state index in [0.717, 1.165) is 24.4 Å². The molecule has 0 N–H and O–H groups in total. The van der Waals surface area contributed by atoms with Gasteiger partial charge in [-0.1, -0.05) is 33.6 Å². The molecule has 3 heteroatoms. The van der Waals surface area contributed by atoms with Crippen molar-refractivity contribution in [3.63, 3.8) is 0 Å². The molecule has 24 heavy (non-hydrogen) atoms. The summed E-state index contributed by atoms with van der Waals surface area (Å²) in [6.07, 6.45) is 15.0. The summed E-state index contributed by atoms with van der Waals surface area (Å²) in [6, 6.07) is 0. The van der Waals surface area contributed by atoms with Crippen LogP contribution in [0.4, 0.5) is 0 Å². The molecule has 0 aromatic rings. The topological polar surface area (TPSA) is 18.5 Å². The lowest BCUT2D eigenvalue weighted by Gasteiger charge is -2.38. The molecule has 142 valence electrons. The Labute approximate surface area is 154 Å². The predicted molar refractivity (Wildman–Crippen MR) is 106 cm³/mol. The van der Waals surface area contributed by atoms with E-state index >= 15 is 0 Å². The molecule has 2 saturated carbocycles. The van der Waals surface area contributed by atoms with Gasteiger partial charge < -0.3 is 9.47 Å². The lowest BCUT2D eigenvalue weighted by Crippen LogP contribution is -2.39. The minimum atomic E-state index is 0.465. The van der Waals surface area contributed by atoms with Gasteiger partial charge in [0.1, 0.15) is 0 Å². The first-order valence-corrected chi connectivity index (χ1v) is 11.6. The number of hydrogen-bond acceptors (Lipinski definition) is 3. The van der Waals surface area contributed by atoms with Crippen LogP contribution >= 0.6 is 11.8 Å². The Kier molecular flexibility index (Phi) is 10.1. The molecule has 2 rings (SSSR count). The van der Waals surface area contributed by atoms with Gasteiger partial charge in [0, 0.05) is 23.7 Å². The molecule has 0 amide bonds. The zero-order valence-electron chi connectivity index (χ0n) is 16.3. The van der Waals surface area contributed by atoms with Gasteiger partial charge in [-0.25, -0.2) is 0 Å². The first-order chi connectivity index (χ1) is 11.7. The van der Waals surface area contributed by atoms with Crippen molar-refractivity contribution < 1.29 is 9.47 Å². The summed E-state index contributed by atoms with van der Waals surface area (Å²) in [5.41, 5.74) is 0. The van der Waals surface area contributed by atoms with Crippen molar-refractivity contribution in [1.82, 2.24) is 0 Å². The average Bonchev–Trinajstić information content (AvgIpc) is 2.59. The maximum atomic E-state index is 6.30. The average molecular weight is 357 g/mol. The van der Waals surface area contributed by atoms with Crippen molar-refractivity contribution in [2.45, 2.75) is 114 Å². The summed E-state index contributed by atoms with van der Waals surface area (Å²) in [7, 11) is 0. The van der Waals surface area contributed by atoms with E-state index in [-0.39, 0.29) is 0 Å². The van der Waals surface area contributed by atoms with Crippen LogP contribution in [0.3, 0.4) is 0 Å². The molecule has 0 aromatic heterocycles. The Hall–Kier alpha value is 0.270. The van der Waals surface area contributed by atoms with Crippen LogP contribution in [0, 0.1) is 5.92 Å². The second-order valence-electron chi connectivity index (χ2n) is 7.98. The third kappa shape index (κ3) is 7.25. The third-order valence-electron chi connectivity index (χ3n) is 5.69. The zero-order chi connectivity index (χ0) is 17.2. The molecule has 0 spiro atoms. The molecule has 0 bridgehead atoms. The van der Waals surface area contributed by atoms with Crippen LogP contribution in [0.5, 0.6) is 0 Å². The van der Waals surface area contributed by atoms with Gasteiger partial charge >= 0.3 is 0 Å². The summed E-state index contributed by atoms with van der Waals surface area (Å²) < 4.78 is 12.5. The molecule has 2 aliphatic rings. The van der Waals surface area contributed by atoms with E-state index in [4.69, 9.17) is 9.47 Å². The van der Waals surface area contributed by atoms with Crippen LogP contribution in [-0.4, -0.2) is 35.9 Å². The number of thioether (sulfide) groups is 1. The van der Waals surface area contributed by atoms with Crippen LogP contribution in [0.1, 0.15) is 91.4 Å². The van der Waals surface area contributed by atoms with E-state index in [0.29, 0.717) is 17.5 Å². The second-order valence-corrected chi connectivity index (χ2v) is 9.52. The zero-order valence-corrected chi connectivity index (χ0v) is 17.1. The SMILES string of the molecule is CCCCOC1CCC(OCCCC)C(SC2CCC(C)CC2)C1. The van der Waals surface area contributed by atoms with Crippen molar-refractivity contribution in [3.8, 4) is 0 Å². The highest BCUT2D eigenvalue weighted by atomic mass is 32.2. The van der Waals surface area contributed by atoms with Crippen molar-refractivity contribution in [3.05, 3.63) is 0 Å². The highest BCUT2D eigenvalue weighted by Crippen LogP contribution is 2.40. The highest BCUT2D eigenvalue weighted by molar-refractivity contribution is 8.00. The molecule has 0 saturated heterocycles. The van der Waals surface area contributed by atoms with Crippen LogP contribution in [0.15, 0.2) is 0 Å². The van der Waals surface area contributed by atoms with E-state index in [1.165, 1.54) is 70.6 Å². The fraction of sp³-hybridized carbons (Fsp3) is 1.00. The highest BCUT2D eigenvalue weighted by Gasteiger charge is 2.34. The van der Waals surface area contributed by atoms with Gasteiger partial charge in [0.15, 0.2) is 0 Å². The Balaban J connectivity index is 1.82. The number of rotatable bonds is 10. The summed E-state index contributed by atoms with van der Waals surface area (Å²) in [4.78, 5) is 0. The van der Waals surface area contributed by atoms with Crippen molar-refractivity contribution >= 4 is 11.8 Å². The monoisotopic (exact) mass is 356 g/mol. The number of unbranched alkanes of at least 4 members (excludes halogenated alkanes) is 2. The van der Waals surface area contributed by atoms with Gasteiger partial charge in [-0.2, -0.15) is 11.8 Å². The third-order valence-corrected chi connectivity index (χ3v) is 7.40. The maximum Gasteiger partial charge on any atom is 0.0695 e. The standard InChI is InChI=1S/C21H40O2S/c1-4-6-14-22-18-10-13-20(23-15-7-5-2)21(16-18)24-19-11-8-17(3)9-12-19/h17-21H,4-16H2,1-3H3. The Bertz CT molecular complexity index is 315. The van der Waals surface area contributed by atoms with Gasteiger partial charge in [0.05, 0.1) is 12.2 Å². The smallest absolute Gasteiger partial charge is 0.0695 e. The van der Waals surface area contributed by atoms with E-state index in [1.54, 1.807) is 0 Å². The van der Waals surface area contributed by atoms with Gasteiger partial charge in [-0.3, -0.25) is 0 Å². The summed E-state index contributed by atoms with van der Waals surface area (Å²) in [5, 5.41) is 1.51. The van der Waals surface area contributed by atoms with Crippen molar-refractivity contribution in [2.75, 3.05) is 13.2 Å². The van der Waals surface area contributed by atoms with Gasteiger partial charge in [0.25, 0.3) is 0 Å². The fourth-order valence-electron chi connectivity index (χ4n) is 3.94. The van der Waals surface area contributed by atoms with E-state index in [2.05, 4.69) is 32.5 Å². The van der Waals surface area contributed by atoms with E-state index in [9.17, 15) is 0 Å². The predicted octanol–water partition coefficient (Wildman–Crippen LogP) is 6.22. The molecule has 2 nitrogen and oxygen atoms in total. The molecule has 0 heterocycles. The minimum absolute atomic E-state index is 0.465. The molecule has 0 aliphatic heterocycles. The molecule has 0 radical (unpaired) electrons. The Morgan fingerprint density at radius 3 is 2.17 bits per heavy atom. The Morgan fingerprint density at radius 1 is 0.833 bits per heavy atom. The molecule has 0 aromatic carbocycles. The molecule has 2 fully saturated rings. The lowest BCUT2D eigenvalue weighted by molar-refractivity contribution is -0.0283. The molecule has 2 aliphatic carbocycles. The van der Waals surface area contributed by atoms with E-state index in [1.807, 2.05) is 0 Å². The van der Waals surface area contributed by atoms with Gasteiger partial charge in [0.2, 0.25) is 0 Å². The Morgan fingerprint density at radius 2 is 1.50 bits per heavy atom. The number of hydrogen-bond donors (Lipinski definition) is 0. The largest absolute Gasteiger partial charge is 0.378 e. The van der Waals surface area contributed by atoms with Crippen molar-refractivity contribution in [1.29, 1.82) is 0 Å². The van der Waals surface area contributed by atoms with Crippen LogP contribution < -0.4 is 0 Å². The normalized spacial score (nSPS) is 34.4. The lowest BCUT2D eigenvalue weighted by atomic mass is 9.90. The quantitative estimate of drug-likeness (QED) is 0.433. The van der Waals surface area contributed by atoms with Crippen LogP contribution in [0.25, 0.3) is 0 Å². The fourth-order valence-corrected chi connectivity index (χ4v) is 5.69. The van der Waals surface area contributed by atoms with Gasteiger partial charge in [-0.05, 0) is 63.7 Å². The van der Waals surface area contributed by atoms with Crippen LogP contribution in [-0.2, 0) is 9.47 Å². The number of ether oxygens (including phenoxy) is 2. The van der Waals surface area contributed by atoms with Crippen molar-refractivity contribution in [2.24, 2.45) is 5.92 Å². The first kappa shape index (κ1) is 20.6. The van der Waals surface area contributed by atoms with E-state index < -0.39 is 0 Å². The second kappa shape index (κ2) is 11.8. The molecular weight excluding hydrogens is 316 g/mol. The van der Waals surface area contributed by atoms with Gasteiger partial charge in [-0.15, -0.1) is 0 Å². The molecule has 3 unspecified atom stereocenters. The molecular formula is C21H40O2S. The summed E-state index contributed by atoms with van der Waals surface area (Å²) in [5.74, 6) is 0.940.